The molecule has 1 aromatic heterocycles. The van der Waals surface area contributed by atoms with Gasteiger partial charge in [0.2, 0.25) is 0 Å². The number of unbranched alkanes of at least 4 members (excludes halogenated alkanes) is 13. The number of aromatic nitrogens is 2. The molecule has 21 heteroatoms. The molecule has 0 amide bonds. The molecule has 0 bridgehead atoms. The van der Waals surface area contributed by atoms with Gasteiger partial charge in [0.05, 0.1) is 19.3 Å². The van der Waals surface area contributed by atoms with E-state index in [-0.39, 0.29) is 24.8 Å². The zero-order valence-corrected chi connectivity index (χ0v) is 44.1. The number of rotatable bonds is 41. The lowest BCUT2D eigenvalue weighted by molar-refractivity contribution is -0.161. The first kappa shape index (κ1) is 63.8. The van der Waals surface area contributed by atoms with Crippen LogP contribution in [-0.2, 0) is 46.3 Å². The summed E-state index contributed by atoms with van der Waals surface area (Å²) in [6.07, 6.45) is 29.7. The quantitative estimate of drug-likeness (QED) is 0.0154. The van der Waals surface area contributed by atoms with Gasteiger partial charge >= 0.3 is 33.3 Å². The molecule has 1 saturated heterocycles. The normalized spacial score (nSPS) is 20.1. The Balaban J connectivity index is 1.83. The Bertz CT molecular complexity index is 1910. The van der Waals surface area contributed by atoms with Crippen molar-refractivity contribution in [2.45, 2.75) is 205 Å². The third-order valence-electron chi connectivity index (χ3n) is 11.4. The molecule has 7 N–H and O–H groups in total. The van der Waals surface area contributed by atoms with Crippen LogP contribution >= 0.6 is 15.6 Å². The molecule has 19 nitrogen and oxygen atoms in total. The molecule has 0 aliphatic carbocycles. The molecular weight excluding hydrogens is 961 g/mol. The molecule has 406 valence electrons. The van der Waals surface area contributed by atoms with Gasteiger partial charge in [0, 0.05) is 19.0 Å². The van der Waals surface area contributed by atoms with Crippen LogP contribution in [0.2, 0.25) is 0 Å². The van der Waals surface area contributed by atoms with Crippen molar-refractivity contribution in [1.29, 1.82) is 0 Å². The maximum absolute atomic E-state index is 12.9. The number of ether oxygens (including phenoxy) is 3. The number of hydrogen-bond acceptors (Lipinski definition) is 16. The zero-order valence-electron chi connectivity index (χ0n) is 42.3. The Hall–Kier alpha value is -3.32. The maximum atomic E-state index is 12.9. The highest BCUT2D eigenvalue weighted by Gasteiger charge is 2.46. The molecule has 0 radical (unpaired) electrons. The first-order valence-electron chi connectivity index (χ1n) is 25.6. The lowest BCUT2D eigenvalue weighted by atomic mass is 10.0. The van der Waals surface area contributed by atoms with E-state index < -0.39 is 83.7 Å². The lowest BCUT2D eigenvalue weighted by Crippen LogP contribution is -2.36. The number of aliphatic hydroxyl groups is 3. The molecule has 71 heavy (non-hydrogen) atoms. The van der Waals surface area contributed by atoms with Crippen LogP contribution < -0.4 is 11.4 Å². The summed E-state index contributed by atoms with van der Waals surface area (Å²) >= 11 is 0. The van der Waals surface area contributed by atoms with Gasteiger partial charge < -0.3 is 45.1 Å². The first-order valence-corrected chi connectivity index (χ1v) is 28.6. The van der Waals surface area contributed by atoms with Crippen molar-refractivity contribution in [3.8, 4) is 0 Å². The second-order valence-corrected chi connectivity index (χ2v) is 21.4. The number of esters is 2. The van der Waals surface area contributed by atoms with Crippen LogP contribution in [0, 0.1) is 5.92 Å². The van der Waals surface area contributed by atoms with Gasteiger partial charge in [0.1, 0.15) is 30.7 Å². The van der Waals surface area contributed by atoms with E-state index in [2.05, 4.69) is 48.3 Å². The zero-order chi connectivity index (χ0) is 52.3. The summed E-state index contributed by atoms with van der Waals surface area (Å²) in [6.45, 7) is 4.24. The summed E-state index contributed by atoms with van der Waals surface area (Å²) < 4.78 is 56.7. The van der Waals surface area contributed by atoms with Crippen LogP contribution in [0.4, 0.5) is 5.82 Å². The molecule has 1 fully saturated rings. The van der Waals surface area contributed by atoms with Crippen LogP contribution in [0.5, 0.6) is 0 Å². The molecule has 2 unspecified atom stereocenters. The van der Waals surface area contributed by atoms with Crippen molar-refractivity contribution in [2.75, 3.05) is 25.6 Å². The fourth-order valence-corrected chi connectivity index (χ4v) is 9.50. The number of phosphoric acid groups is 2. The van der Waals surface area contributed by atoms with Crippen LogP contribution in [-0.4, -0.2) is 96.9 Å². The number of aliphatic hydroxyl groups excluding tert-OH is 3. The largest absolute Gasteiger partial charge is 0.481 e. The number of nitrogen functional groups attached to an aromatic ring is 1. The third kappa shape index (κ3) is 31.1. The second-order valence-electron chi connectivity index (χ2n) is 18.3. The molecule has 8 atom stereocenters. The molecule has 1 aliphatic rings. The molecule has 1 aromatic rings. The minimum absolute atomic E-state index is 0.0309. The van der Waals surface area contributed by atoms with E-state index in [9.17, 15) is 48.6 Å². The Kier molecular flexibility index (Phi) is 33.6. The standard InChI is InChI=1S/C50H85N3O16P2/c1-4-5-31-41(54)32-27-23-19-15-11-7-9-12-16-20-24-28-33-45(55)64-37-42(67-46(56)34-29-25-21-17-13-8-6-10-14-18-22-26-30-40(2)3)38-65-70(60,61)69-71(62,63)66-39-43-47(57)48(58)49(68-43)53-36-35-44(51)52-50(53)59/h7,9,15-16,19-20,27,32,35-36,40-43,47-49,54,57-58H,4-6,8,10-14,17-18,21-26,28-31,33-34,37-39H2,1-3H3,(H,60,61)(H,62,63)(H2,51,52,59)/b9-7-,19-15-,20-16-,32-27-/t41-,42+,43+,47+,48+,49+/m0/s1. The number of nitrogens with two attached hydrogens (primary N) is 1. The van der Waals surface area contributed by atoms with Gasteiger partial charge in [0.25, 0.3) is 0 Å². The average molecular weight is 1050 g/mol. The Morgan fingerprint density at radius 1 is 0.761 bits per heavy atom. The number of hydrogen-bond donors (Lipinski definition) is 6. The highest BCUT2D eigenvalue weighted by Crippen LogP contribution is 2.60. The predicted octanol–water partition coefficient (Wildman–Crippen LogP) is 9.38. The Morgan fingerprint density at radius 2 is 1.32 bits per heavy atom. The van der Waals surface area contributed by atoms with Gasteiger partial charge in [-0.15, -0.1) is 0 Å². The monoisotopic (exact) mass is 1050 g/mol. The summed E-state index contributed by atoms with van der Waals surface area (Å²) in [4.78, 5) is 61.9. The number of nitrogens with zero attached hydrogens (tertiary/aromatic N) is 2. The summed E-state index contributed by atoms with van der Waals surface area (Å²) in [5.74, 6) is -0.621. The van der Waals surface area contributed by atoms with Crippen molar-refractivity contribution in [1.82, 2.24) is 9.55 Å². The highest BCUT2D eigenvalue weighted by atomic mass is 31.3. The van der Waals surface area contributed by atoms with E-state index in [1.807, 2.05) is 30.4 Å². The van der Waals surface area contributed by atoms with Crippen LogP contribution in [0.3, 0.4) is 0 Å². The predicted molar refractivity (Wildman–Crippen MR) is 272 cm³/mol. The number of carbonyl (C=O) groups is 2. The molecule has 1 aliphatic heterocycles. The van der Waals surface area contributed by atoms with Gasteiger partial charge in [-0.2, -0.15) is 9.29 Å². The molecule has 2 rings (SSSR count). The molecule has 0 saturated carbocycles. The molecule has 2 heterocycles. The van der Waals surface area contributed by atoms with Gasteiger partial charge in [-0.05, 0) is 56.9 Å². The van der Waals surface area contributed by atoms with Gasteiger partial charge in [-0.3, -0.25) is 23.2 Å². The summed E-state index contributed by atoms with van der Waals surface area (Å²) in [5.41, 5.74) is 4.58. The van der Waals surface area contributed by atoms with Gasteiger partial charge in [-0.1, -0.05) is 159 Å². The Labute approximate surface area is 421 Å². The average Bonchev–Trinajstić information content (AvgIpc) is 3.59. The highest BCUT2D eigenvalue weighted by molar-refractivity contribution is 7.61. The minimum Gasteiger partial charge on any atom is -0.462 e. The third-order valence-corrected chi connectivity index (χ3v) is 14.0. The number of carbonyl (C=O) groups excluding carboxylic acids is 2. The van der Waals surface area contributed by atoms with Crippen molar-refractivity contribution >= 4 is 33.4 Å². The summed E-state index contributed by atoms with van der Waals surface area (Å²) in [7, 11) is -10.9. The van der Waals surface area contributed by atoms with E-state index in [0.717, 1.165) is 80.9 Å². The fourth-order valence-electron chi connectivity index (χ4n) is 7.39. The summed E-state index contributed by atoms with van der Waals surface area (Å²) in [5, 5.41) is 30.8. The SMILES string of the molecule is CCCC[C@H](O)/C=C\C/C=C\C/C=C\C/C=C\CCCC(=O)OC[C@H](COP(=O)(O)OP(=O)(O)OC[C@H]1O[C@@H](n2ccc(N)nc2=O)[C@H](O)[C@@H]1O)OC(=O)CCCCCCCCCCCCCCC(C)C. The topological polar surface area (TPSA) is 286 Å². The van der Waals surface area contributed by atoms with Crippen LogP contribution in [0.15, 0.2) is 65.7 Å². The number of phosphoric ester groups is 2. The molecule has 0 spiro atoms. The molecular formula is C50H85N3O16P2. The van der Waals surface area contributed by atoms with E-state index in [1.54, 1.807) is 0 Å². The Morgan fingerprint density at radius 3 is 1.93 bits per heavy atom. The maximum Gasteiger partial charge on any atom is 0.481 e. The van der Waals surface area contributed by atoms with Crippen LogP contribution in [0.25, 0.3) is 0 Å². The van der Waals surface area contributed by atoms with E-state index in [0.29, 0.717) is 19.3 Å². The minimum atomic E-state index is -5.44. The first-order chi connectivity index (χ1) is 33.9. The van der Waals surface area contributed by atoms with E-state index in [1.165, 1.54) is 57.4 Å². The lowest BCUT2D eigenvalue weighted by Gasteiger charge is -2.21. The molecule has 0 aromatic carbocycles. The number of anilines is 1. The van der Waals surface area contributed by atoms with Crippen molar-refractivity contribution in [3.63, 3.8) is 0 Å². The van der Waals surface area contributed by atoms with E-state index >= 15 is 0 Å². The van der Waals surface area contributed by atoms with Crippen molar-refractivity contribution in [3.05, 3.63) is 71.4 Å². The van der Waals surface area contributed by atoms with Crippen molar-refractivity contribution in [2.24, 2.45) is 5.92 Å². The smallest absolute Gasteiger partial charge is 0.462 e. The summed E-state index contributed by atoms with van der Waals surface area (Å²) in [6, 6.07) is 1.24. The van der Waals surface area contributed by atoms with E-state index in [4.69, 9.17) is 29.0 Å². The van der Waals surface area contributed by atoms with Crippen LogP contribution in [0.1, 0.15) is 175 Å². The second kappa shape index (κ2) is 37.4. The number of allylic oxidation sites excluding steroid dienone is 7. The van der Waals surface area contributed by atoms with Gasteiger partial charge in [-0.25, -0.2) is 13.9 Å². The van der Waals surface area contributed by atoms with Gasteiger partial charge in [0.15, 0.2) is 12.3 Å². The van der Waals surface area contributed by atoms with Crippen molar-refractivity contribution < 1.29 is 71.4 Å². The fraction of sp³-hybridized carbons (Fsp3) is 0.720.